The zero-order valence-electron chi connectivity index (χ0n) is 10.4. The third-order valence-electron chi connectivity index (χ3n) is 3.72. The SMILES string of the molecule is NCC1CCCC1COCc1cc(F)ccc1Br. The summed E-state index contributed by atoms with van der Waals surface area (Å²) in [6.07, 6.45) is 3.67. The van der Waals surface area contributed by atoms with Crippen LogP contribution < -0.4 is 5.73 Å². The molecule has 0 heterocycles. The highest BCUT2D eigenvalue weighted by Crippen LogP contribution is 2.31. The molecule has 1 aromatic carbocycles. The Morgan fingerprint density at radius 3 is 2.89 bits per heavy atom. The highest BCUT2D eigenvalue weighted by Gasteiger charge is 2.25. The van der Waals surface area contributed by atoms with Crippen molar-refractivity contribution in [1.29, 1.82) is 0 Å². The zero-order valence-corrected chi connectivity index (χ0v) is 12.0. The van der Waals surface area contributed by atoms with Gasteiger partial charge in [0, 0.05) is 4.47 Å². The summed E-state index contributed by atoms with van der Waals surface area (Å²) in [6.45, 7) is 1.93. The molecule has 0 aromatic heterocycles. The van der Waals surface area contributed by atoms with Crippen molar-refractivity contribution < 1.29 is 9.13 Å². The second kappa shape index (κ2) is 6.64. The van der Waals surface area contributed by atoms with Gasteiger partial charge in [-0.1, -0.05) is 22.4 Å². The van der Waals surface area contributed by atoms with Crippen LogP contribution in [-0.2, 0) is 11.3 Å². The van der Waals surface area contributed by atoms with E-state index in [1.165, 1.54) is 31.4 Å². The summed E-state index contributed by atoms with van der Waals surface area (Å²) in [7, 11) is 0. The van der Waals surface area contributed by atoms with Crippen LogP contribution in [0.25, 0.3) is 0 Å². The minimum absolute atomic E-state index is 0.225. The first kappa shape index (κ1) is 14.0. The Balaban J connectivity index is 1.83. The average Bonchev–Trinajstić information content (AvgIpc) is 2.81. The molecule has 0 spiro atoms. The van der Waals surface area contributed by atoms with Crippen LogP contribution in [0.15, 0.2) is 22.7 Å². The van der Waals surface area contributed by atoms with E-state index in [1.807, 2.05) is 0 Å². The van der Waals surface area contributed by atoms with Crippen molar-refractivity contribution in [3.8, 4) is 0 Å². The number of ether oxygens (including phenoxy) is 1. The van der Waals surface area contributed by atoms with Gasteiger partial charge in [0.2, 0.25) is 0 Å². The number of rotatable bonds is 5. The number of hydrogen-bond donors (Lipinski definition) is 1. The van der Waals surface area contributed by atoms with Crippen molar-refractivity contribution in [2.75, 3.05) is 13.2 Å². The van der Waals surface area contributed by atoms with Crippen molar-refractivity contribution in [2.45, 2.75) is 25.9 Å². The fourth-order valence-electron chi connectivity index (χ4n) is 2.62. The van der Waals surface area contributed by atoms with E-state index >= 15 is 0 Å². The van der Waals surface area contributed by atoms with Crippen LogP contribution in [0, 0.1) is 17.7 Å². The molecule has 18 heavy (non-hydrogen) atoms. The lowest BCUT2D eigenvalue weighted by Gasteiger charge is -2.18. The van der Waals surface area contributed by atoms with Gasteiger partial charge in [-0.2, -0.15) is 0 Å². The van der Waals surface area contributed by atoms with Crippen LogP contribution in [0.3, 0.4) is 0 Å². The zero-order chi connectivity index (χ0) is 13.0. The maximum Gasteiger partial charge on any atom is 0.123 e. The fraction of sp³-hybridized carbons (Fsp3) is 0.571. The predicted molar refractivity (Wildman–Crippen MR) is 73.6 cm³/mol. The molecule has 0 bridgehead atoms. The number of benzene rings is 1. The Labute approximate surface area is 116 Å². The maximum atomic E-state index is 13.1. The van der Waals surface area contributed by atoms with Crippen molar-refractivity contribution in [1.82, 2.24) is 0 Å². The van der Waals surface area contributed by atoms with E-state index in [1.54, 1.807) is 6.07 Å². The summed E-state index contributed by atoms with van der Waals surface area (Å²) >= 11 is 3.40. The van der Waals surface area contributed by atoms with Crippen LogP contribution in [-0.4, -0.2) is 13.2 Å². The topological polar surface area (TPSA) is 35.2 Å². The van der Waals surface area contributed by atoms with Crippen LogP contribution in [0.2, 0.25) is 0 Å². The Bertz CT molecular complexity index is 399. The molecule has 1 aliphatic rings. The molecule has 0 amide bonds. The second-order valence-corrected chi connectivity index (χ2v) is 5.79. The molecule has 2 nitrogen and oxygen atoms in total. The summed E-state index contributed by atoms with van der Waals surface area (Å²) in [5.41, 5.74) is 6.60. The summed E-state index contributed by atoms with van der Waals surface area (Å²) < 4.78 is 19.7. The van der Waals surface area contributed by atoms with Gasteiger partial charge in [0.25, 0.3) is 0 Å². The van der Waals surface area contributed by atoms with E-state index in [9.17, 15) is 4.39 Å². The van der Waals surface area contributed by atoms with Gasteiger partial charge in [0.1, 0.15) is 5.82 Å². The van der Waals surface area contributed by atoms with Gasteiger partial charge in [-0.25, -0.2) is 4.39 Å². The Hall–Kier alpha value is -0.450. The molecule has 0 saturated heterocycles. The molecular weight excluding hydrogens is 297 g/mol. The van der Waals surface area contributed by atoms with E-state index < -0.39 is 0 Å². The summed E-state index contributed by atoms with van der Waals surface area (Å²) in [6, 6.07) is 4.67. The van der Waals surface area contributed by atoms with Gasteiger partial charge in [-0.05, 0) is 55.0 Å². The van der Waals surface area contributed by atoms with Crippen molar-refractivity contribution in [3.05, 3.63) is 34.1 Å². The quantitative estimate of drug-likeness (QED) is 0.902. The number of halogens is 2. The van der Waals surface area contributed by atoms with Crippen molar-refractivity contribution in [3.63, 3.8) is 0 Å². The van der Waals surface area contributed by atoms with Gasteiger partial charge >= 0.3 is 0 Å². The molecule has 1 aliphatic carbocycles. The van der Waals surface area contributed by atoms with Gasteiger partial charge in [0.05, 0.1) is 13.2 Å². The van der Waals surface area contributed by atoms with Crippen molar-refractivity contribution >= 4 is 15.9 Å². The lowest BCUT2D eigenvalue weighted by molar-refractivity contribution is 0.0749. The predicted octanol–water partition coefficient (Wildman–Crippen LogP) is 3.48. The van der Waals surface area contributed by atoms with Gasteiger partial charge in [-0.3, -0.25) is 0 Å². The number of nitrogens with two attached hydrogens (primary N) is 1. The van der Waals surface area contributed by atoms with Crippen LogP contribution in [0.1, 0.15) is 24.8 Å². The fourth-order valence-corrected chi connectivity index (χ4v) is 2.98. The van der Waals surface area contributed by atoms with Crippen LogP contribution >= 0.6 is 15.9 Å². The molecule has 2 atom stereocenters. The Morgan fingerprint density at radius 1 is 1.33 bits per heavy atom. The molecule has 2 N–H and O–H groups in total. The third-order valence-corrected chi connectivity index (χ3v) is 4.49. The monoisotopic (exact) mass is 315 g/mol. The summed E-state index contributed by atoms with van der Waals surface area (Å²) in [5.74, 6) is 0.945. The molecule has 2 rings (SSSR count). The minimum atomic E-state index is -0.225. The molecule has 100 valence electrons. The molecule has 1 saturated carbocycles. The van der Waals surface area contributed by atoms with E-state index in [-0.39, 0.29) is 5.82 Å². The van der Waals surface area contributed by atoms with Crippen molar-refractivity contribution in [2.24, 2.45) is 17.6 Å². The standard InChI is InChI=1S/C14H19BrFNO/c15-14-5-4-13(16)6-12(14)9-18-8-11-3-1-2-10(11)7-17/h4-6,10-11H,1-3,7-9,17H2. The van der Waals surface area contributed by atoms with Gasteiger partial charge in [0.15, 0.2) is 0 Å². The largest absolute Gasteiger partial charge is 0.376 e. The smallest absolute Gasteiger partial charge is 0.123 e. The summed E-state index contributed by atoms with van der Waals surface area (Å²) in [5, 5.41) is 0. The highest BCUT2D eigenvalue weighted by atomic mass is 79.9. The van der Waals surface area contributed by atoms with Crippen LogP contribution in [0.4, 0.5) is 4.39 Å². The molecule has 4 heteroatoms. The molecule has 2 unspecified atom stereocenters. The molecular formula is C14H19BrFNO. The molecule has 1 fully saturated rings. The highest BCUT2D eigenvalue weighted by molar-refractivity contribution is 9.10. The first-order valence-corrected chi connectivity index (χ1v) is 7.21. The lowest BCUT2D eigenvalue weighted by Crippen LogP contribution is -2.22. The Kier molecular flexibility index (Phi) is 5.15. The van der Waals surface area contributed by atoms with E-state index in [0.717, 1.165) is 23.2 Å². The second-order valence-electron chi connectivity index (χ2n) is 4.94. The first-order valence-electron chi connectivity index (χ1n) is 6.42. The number of hydrogen-bond acceptors (Lipinski definition) is 2. The Morgan fingerprint density at radius 2 is 2.11 bits per heavy atom. The third kappa shape index (κ3) is 3.53. The lowest BCUT2D eigenvalue weighted by atomic mass is 9.97. The van der Waals surface area contributed by atoms with Gasteiger partial charge < -0.3 is 10.5 Å². The van der Waals surface area contributed by atoms with E-state index in [0.29, 0.717) is 18.4 Å². The first-order chi connectivity index (χ1) is 8.70. The minimum Gasteiger partial charge on any atom is -0.376 e. The summed E-state index contributed by atoms with van der Waals surface area (Å²) in [4.78, 5) is 0. The van der Waals surface area contributed by atoms with E-state index in [4.69, 9.17) is 10.5 Å². The van der Waals surface area contributed by atoms with Crippen LogP contribution in [0.5, 0.6) is 0 Å². The molecule has 0 aliphatic heterocycles. The normalized spacial score (nSPS) is 23.5. The molecule has 1 aromatic rings. The van der Waals surface area contributed by atoms with Gasteiger partial charge in [-0.15, -0.1) is 0 Å². The maximum absolute atomic E-state index is 13.1. The average molecular weight is 316 g/mol. The van der Waals surface area contributed by atoms with E-state index in [2.05, 4.69) is 15.9 Å². The molecule has 0 radical (unpaired) electrons.